The molecule has 0 saturated carbocycles. The van der Waals surface area contributed by atoms with Gasteiger partial charge in [0.05, 0.1) is 0 Å². The predicted molar refractivity (Wildman–Crippen MR) is 73.8 cm³/mol. The van der Waals surface area contributed by atoms with Crippen LogP contribution in [0.15, 0.2) is 0 Å². The van der Waals surface area contributed by atoms with Gasteiger partial charge in [0.25, 0.3) is 0 Å². The van der Waals surface area contributed by atoms with Crippen LogP contribution in [-0.4, -0.2) is 64.8 Å². The largest absolute Gasteiger partial charge is 0.339 e. The second-order valence-corrected chi connectivity index (χ2v) is 6.70. The zero-order valence-corrected chi connectivity index (χ0v) is 12.0. The second kappa shape index (κ2) is 6.30. The molecule has 0 spiro atoms. The van der Waals surface area contributed by atoms with E-state index in [0.29, 0.717) is 0 Å². The molecule has 0 N–H and O–H groups in total. The predicted octanol–water partition coefficient (Wildman–Crippen LogP) is 1.65. The summed E-state index contributed by atoms with van der Waals surface area (Å²) in [5.74, 6) is 2.68. The number of carbonyl (C=O) groups is 1. The van der Waals surface area contributed by atoms with E-state index in [1.807, 2.05) is 4.90 Å². The molecule has 3 nitrogen and oxygen atoms in total. The van der Waals surface area contributed by atoms with Crippen molar-refractivity contribution >= 4 is 29.3 Å². The minimum Gasteiger partial charge on any atom is -0.339 e. The fourth-order valence-corrected chi connectivity index (χ4v) is 3.83. The first kappa shape index (κ1) is 13.5. The molecule has 0 aromatic carbocycles. The molecule has 0 aromatic rings. The Morgan fingerprint density at radius 1 is 1.24 bits per heavy atom. The Kier molecular flexibility index (Phi) is 5.00. The highest BCUT2D eigenvalue weighted by atomic mass is 35.5. The van der Waals surface area contributed by atoms with Crippen LogP contribution in [0.5, 0.6) is 0 Å². The van der Waals surface area contributed by atoms with Gasteiger partial charge in [0.15, 0.2) is 0 Å². The van der Waals surface area contributed by atoms with Gasteiger partial charge in [-0.1, -0.05) is 0 Å². The van der Waals surface area contributed by atoms with Gasteiger partial charge in [-0.15, -0.1) is 11.6 Å². The highest BCUT2D eigenvalue weighted by Gasteiger charge is 2.28. The Bertz CT molecular complexity index is 261. The molecule has 2 aliphatic heterocycles. The monoisotopic (exact) mass is 276 g/mol. The van der Waals surface area contributed by atoms with Crippen molar-refractivity contribution in [3.05, 3.63) is 0 Å². The van der Waals surface area contributed by atoms with Gasteiger partial charge >= 0.3 is 0 Å². The van der Waals surface area contributed by atoms with Crippen molar-refractivity contribution < 1.29 is 4.79 Å². The summed E-state index contributed by atoms with van der Waals surface area (Å²) in [4.78, 5) is 16.2. The summed E-state index contributed by atoms with van der Waals surface area (Å²) in [5, 5.41) is -0.382. The molecule has 0 bridgehead atoms. The summed E-state index contributed by atoms with van der Waals surface area (Å²) < 4.78 is 0. The topological polar surface area (TPSA) is 23.6 Å². The molecule has 2 saturated heterocycles. The molecule has 5 heteroatoms. The van der Waals surface area contributed by atoms with E-state index in [-0.39, 0.29) is 11.3 Å². The number of piperazine rings is 1. The zero-order chi connectivity index (χ0) is 12.3. The molecule has 2 fully saturated rings. The van der Waals surface area contributed by atoms with Crippen molar-refractivity contribution in [3.8, 4) is 0 Å². The third kappa shape index (κ3) is 3.52. The maximum Gasteiger partial charge on any atom is 0.240 e. The minimum atomic E-state index is -0.382. The van der Waals surface area contributed by atoms with Crippen LogP contribution in [0.25, 0.3) is 0 Å². The molecule has 0 aliphatic carbocycles. The molecule has 2 rings (SSSR count). The van der Waals surface area contributed by atoms with Crippen molar-refractivity contribution in [1.82, 2.24) is 9.80 Å². The summed E-state index contributed by atoms with van der Waals surface area (Å²) in [6.45, 7) is 5.49. The Balaban J connectivity index is 1.79. The number of carbonyl (C=O) groups excluding carboxylic acids is 1. The molecular formula is C12H21ClN2OS. The SMILES string of the molecule is CC(Cl)C(=O)N1CCN(C2CCSCC2)CC1. The van der Waals surface area contributed by atoms with E-state index in [1.54, 1.807) is 6.92 Å². The van der Waals surface area contributed by atoms with Gasteiger partial charge in [0.1, 0.15) is 5.38 Å². The molecule has 1 unspecified atom stereocenters. The van der Waals surface area contributed by atoms with E-state index in [4.69, 9.17) is 11.6 Å². The molecule has 2 aliphatic rings. The Morgan fingerprint density at radius 2 is 1.82 bits per heavy atom. The van der Waals surface area contributed by atoms with Crippen LogP contribution < -0.4 is 0 Å². The van der Waals surface area contributed by atoms with E-state index in [2.05, 4.69) is 16.7 Å². The van der Waals surface area contributed by atoms with E-state index in [0.717, 1.165) is 32.2 Å². The first-order valence-corrected chi connectivity index (χ1v) is 8.02. The number of rotatable bonds is 2. The Morgan fingerprint density at radius 3 is 2.35 bits per heavy atom. The number of thioether (sulfide) groups is 1. The van der Waals surface area contributed by atoms with Crippen LogP contribution in [0.4, 0.5) is 0 Å². The zero-order valence-electron chi connectivity index (χ0n) is 10.4. The summed E-state index contributed by atoms with van der Waals surface area (Å²) in [5.41, 5.74) is 0. The molecule has 0 aromatic heterocycles. The average Bonchev–Trinajstić information content (AvgIpc) is 2.39. The molecule has 2 heterocycles. The molecule has 98 valence electrons. The fraction of sp³-hybridized carbons (Fsp3) is 0.917. The highest BCUT2D eigenvalue weighted by Crippen LogP contribution is 2.22. The quantitative estimate of drug-likeness (QED) is 0.717. The summed E-state index contributed by atoms with van der Waals surface area (Å²) in [6.07, 6.45) is 2.62. The van der Waals surface area contributed by atoms with Crippen LogP contribution in [0.3, 0.4) is 0 Å². The van der Waals surface area contributed by atoms with Gasteiger partial charge in [-0.25, -0.2) is 0 Å². The molecule has 1 atom stereocenters. The van der Waals surface area contributed by atoms with Crippen molar-refractivity contribution in [3.63, 3.8) is 0 Å². The fourth-order valence-electron chi connectivity index (χ4n) is 2.61. The average molecular weight is 277 g/mol. The number of hydrogen-bond donors (Lipinski definition) is 0. The summed E-state index contributed by atoms with van der Waals surface area (Å²) in [6, 6.07) is 0.752. The minimum absolute atomic E-state index is 0.0884. The van der Waals surface area contributed by atoms with Gasteiger partial charge in [0.2, 0.25) is 5.91 Å². The number of hydrogen-bond acceptors (Lipinski definition) is 3. The summed E-state index contributed by atoms with van der Waals surface area (Å²) in [7, 11) is 0. The van der Waals surface area contributed by atoms with Crippen LogP contribution in [0, 0.1) is 0 Å². The Labute approximate surface area is 113 Å². The van der Waals surface area contributed by atoms with Crippen LogP contribution in [0.2, 0.25) is 0 Å². The van der Waals surface area contributed by atoms with E-state index < -0.39 is 0 Å². The number of alkyl halides is 1. The first-order valence-electron chi connectivity index (χ1n) is 6.43. The maximum atomic E-state index is 11.8. The lowest BCUT2D eigenvalue weighted by molar-refractivity contribution is -0.132. The molecule has 17 heavy (non-hydrogen) atoms. The molecule has 1 amide bonds. The van der Waals surface area contributed by atoms with Gasteiger partial charge in [-0.2, -0.15) is 11.8 Å². The van der Waals surface area contributed by atoms with Crippen molar-refractivity contribution in [2.24, 2.45) is 0 Å². The van der Waals surface area contributed by atoms with Crippen LogP contribution >= 0.6 is 23.4 Å². The lowest BCUT2D eigenvalue weighted by Crippen LogP contribution is -2.53. The van der Waals surface area contributed by atoms with E-state index in [1.165, 1.54) is 24.3 Å². The van der Waals surface area contributed by atoms with E-state index in [9.17, 15) is 4.79 Å². The van der Waals surface area contributed by atoms with Crippen LogP contribution in [0.1, 0.15) is 19.8 Å². The number of amides is 1. The van der Waals surface area contributed by atoms with Gasteiger partial charge in [0, 0.05) is 32.2 Å². The lowest BCUT2D eigenvalue weighted by atomic mass is 10.1. The highest BCUT2D eigenvalue weighted by molar-refractivity contribution is 7.99. The van der Waals surface area contributed by atoms with Gasteiger partial charge in [-0.3, -0.25) is 9.69 Å². The van der Waals surface area contributed by atoms with E-state index >= 15 is 0 Å². The maximum absolute atomic E-state index is 11.8. The number of halogens is 1. The summed E-state index contributed by atoms with van der Waals surface area (Å²) >= 11 is 7.90. The van der Waals surface area contributed by atoms with Gasteiger partial charge < -0.3 is 4.90 Å². The molecular weight excluding hydrogens is 256 g/mol. The number of nitrogens with zero attached hydrogens (tertiary/aromatic N) is 2. The Hall–Kier alpha value is 0.0700. The smallest absolute Gasteiger partial charge is 0.240 e. The second-order valence-electron chi connectivity index (χ2n) is 4.82. The van der Waals surface area contributed by atoms with Crippen molar-refractivity contribution in [1.29, 1.82) is 0 Å². The third-order valence-corrected chi connectivity index (χ3v) is 4.91. The standard InChI is InChI=1S/C12H21ClN2OS/c1-10(13)12(16)15-6-4-14(5-7-15)11-2-8-17-9-3-11/h10-11H,2-9H2,1H3. The first-order chi connectivity index (χ1) is 8.18. The molecule has 0 radical (unpaired) electrons. The normalized spacial score (nSPS) is 25.9. The lowest BCUT2D eigenvalue weighted by Gasteiger charge is -2.40. The van der Waals surface area contributed by atoms with Crippen LogP contribution in [-0.2, 0) is 4.79 Å². The van der Waals surface area contributed by atoms with Crippen molar-refractivity contribution in [2.45, 2.75) is 31.2 Å². The third-order valence-electron chi connectivity index (χ3n) is 3.67. The van der Waals surface area contributed by atoms with Crippen molar-refractivity contribution in [2.75, 3.05) is 37.7 Å². The van der Waals surface area contributed by atoms with Gasteiger partial charge in [-0.05, 0) is 31.3 Å².